The molecule has 3 nitrogen and oxygen atoms in total. The second kappa shape index (κ2) is 9.19. The third-order valence-electron chi connectivity index (χ3n) is 5.25. The van der Waals surface area contributed by atoms with Gasteiger partial charge in [0.05, 0.1) is 17.6 Å². The predicted octanol–water partition coefficient (Wildman–Crippen LogP) is 6.95. The predicted molar refractivity (Wildman–Crippen MR) is 126 cm³/mol. The van der Waals surface area contributed by atoms with Gasteiger partial charge in [-0.15, -0.1) is 0 Å². The number of aryl methyl sites for hydroxylation is 3. The fourth-order valence-corrected chi connectivity index (χ4v) is 3.54. The molecule has 0 aliphatic heterocycles. The van der Waals surface area contributed by atoms with Gasteiger partial charge in [-0.25, -0.2) is 4.98 Å². The molecule has 0 atom stereocenters. The van der Waals surface area contributed by atoms with Crippen LogP contribution < -0.4 is 4.74 Å². The SMILES string of the molecule is Cc1ccc(OCCCn2c(/C=C/c3ccc(Cl)cc3)nc3ccccc32)cc1C. The van der Waals surface area contributed by atoms with E-state index < -0.39 is 0 Å². The number of benzene rings is 3. The van der Waals surface area contributed by atoms with E-state index in [0.29, 0.717) is 6.61 Å². The maximum absolute atomic E-state index is 5.99. The number of fused-ring (bicyclic) bond motifs is 1. The summed E-state index contributed by atoms with van der Waals surface area (Å²) in [5, 5.41) is 0.739. The molecule has 0 amide bonds. The Balaban J connectivity index is 1.48. The largest absolute Gasteiger partial charge is 0.494 e. The Bertz CT molecular complexity index is 1180. The van der Waals surface area contributed by atoms with Crippen molar-refractivity contribution in [2.45, 2.75) is 26.8 Å². The van der Waals surface area contributed by atoms with Gasteiger partial charge in [-0.3, -0.25) is 0 Å². The lowest BCUT2D eigenvalue weighted by molar-refractivity contribution is 0.302. The van der Waals surface area contributed by atoms with E-state index in [9.17, 15) is 0 Å². The van der Waals surface area contributed by atoms with Gasteiger partial charge in [-0.05, 0) is 79.4 Å². The number of hydrogen-bond acceptors (Lipinski definition) is 2. The molecule has 1 heterocycles. The van der Waals surface area contributed by atoms with E-state index in [1.807, 2.05) is 36.4 Å². The molecule has 1 aromatic heterocycles. The molecule has 0 fully saturated rings. The zero-order valence-electron chi connectivity index (χ0n) is 17.3. The zero-order valence-corrected chi connectivity index (χ0v) is 18.1. The Morgan fingerprint density at radius 2 is 1.73 bits per heavy atom. The van der Waals surface area contributed by atoms with Crippen LogP contribution in [0.1, 0.15) is 28.9 Å². The molecule has 0 aliphatic carbocycles. The van der Waals surface area contributed by atoms with Crippen LogP contribution in [0, 0.1) is 13.8 Å². The van der Waals surface area contributed by atoms with Crippen LogP contribution in [0.5, 0.6) is 5.75 Å². The van der Waals surface area contributed by atoms with Crippen molar-refractivity contribution < 1.29 is 4.74 Å². The minimum absolute atomic E-state index is 0.662. The van der Waals surface area contributed by atoms with Crippen molar-refractivity contribution in [2.24, 2.45) is 0 Å². The van der Waals surface area contributed by atoms with Crippen LogP contribution in [0.2, 0.25) is 5.02 Å². The number of imidazole rings is 1. The Morgan fingerprint density at radius 1 is 0.933 bits per heavy atom. The van der Waals surface area contributed by atoms with Crippen molar-refractivity contribution in [1.29, 1.82) is 0 Å². The quantitative estimate of drug-likeness (QED) is 0.305. The first-order chi connectivity index (χ1) is 14.6. The van der Waals surface area contributed by atoms with Crippen molar-refractivity contribution in [3.05, 3.63) is 94.3 Å². The molecule has 0 bridgehead atoms. The Labute approximate surface area is 182 Å². The smallest absolute Gasteiger partial charge is 0.133 e. The molecule has 0 saturated carbocycles. The van der Waals surface area contributed by atoms with Crippen LogP contribution in [0.3, 0.4) is 0 Å². The number of para-hydroxylation sites is 2. The fraction of sp³-hybridized carbons (Fsp3) is 0.192. The number of aromatic nitrogens is 2. The highest BCUT2D eigenvalue weighted by Crippen LogP contribution is 2.20. The van der Waals surface area contributed by atoms with Gasteiger partial charge in [0.1, 0.15) is 11.6 Å². The molecule has 3 aromatic carbocycles. The van der Waals surface area contributed by atoms with Gasteiger partial charge in [-0.2, -0.15) is 0 Å². The lowest BCUT2D eigenvalue weighted by Gasteiger charge is -2.10. The van der Waals surface area contributed by atoms with Crippen molar-refractivity contribution >= 4 is 34.8 Å². The normalized spacial score (nSPS) is 11.4. The highest BCUT2D eigenvalue weighted by atomic mass is 35.5. The Morgan fingerprint density at radius 3 is 2.53 bits per heavy atom. The first-order valence-corrected chi connectivity index (χ1v) is 10.6. The minimum atomic E-state index is 0.662. The van der Waals surface area contributed by atoms with Crippen LogP contribution in [0.4, 0.5) is 0 Å². The van der Waals surface area contributed by atoms with Crippen molar-refractivity contribution in [3.63, 3.8) is 0 Å². The molecular formula is C26H25ClN2O. The van der Waals surface area contributed by atoms with Crippen molar-refractivity contribution in [3.8, 4) is 5.75 Å². The lowest BCUT2D eigenvalue weighted by atomic mass is 10.1. The van der Waals surface area contributed by atoms with Gasteiger partial charge in [0, 0.05) is 11.6 Å². The van der Waals surface area contributed by atoms with Crippen LogP contribution in [0.15, 0.2) is 66.7 Å². The topological polar surface area (TPSA) is 27.1 Å². The second-order valence-electron chi connectivity index (χ2n) is 7.44. The second-order valence-corrected chi connectivity index (χ2v) is 7.88. The van der Waals surface area contributed by atoms with E-state index in [-0.39, 0.29) is 0 Å². The Kier molecular flexibility index (Phi) is 6.20. The van der Waals surface area contributed by atoms with Crippen LogP contribution in [0.25, 0.3) is 23.2 Å². The first kappa shape index (κ1) is 20.2. The average Bonchev–Trinajstić information content (AvgIpc) is 3.11. The monoisotopic (exact) mass is 416 g/mol. The number of nitrogens with zero attached hydrogens (tertiary/aromatic N) is 2. The molecule has 0 spiro atoms. The molecule has 4 aromatic rings. The summed E-state index contributed by atoms with van der Waals surface area (Å²) in [5.41, 5.74) is 5.77. The fourth-order valence-electron chi connectivity index (χ4n) is 3.42. The minimum Gasteiger partial charge on any atom is -0.494 e. The summed E-state index contributed by atoms with van der Waals surface area (Å²) in [6.07, 6.45) is 5.03. The lowest BCUT2D eigenvalue weighted by Crippen LogP contribution is -2.06. The number of hydrogen-bond donors (Lipinski definition) is 0. The van der Waals surface area contributed by atoms with Gasteiger partial charge >= 0.3 is 0 Å². The molecule has 30 heavy (non-hydrogen) atoms. The van der Waals surface area contributed by atoms with E-state index in [4.69, 9.17) is 21.3 Å². The van der Waals surface area contributed by atoms with Gasteiger partial charge in [-0.1, -0.05) is 48.0 Å². The van der Waals surface area contributed by atoms with E-state index in [1.54, 1.807) is 0 Å². The molecule has 0 unspecified atom stereocenters. The van der Waals surface area contributed by atoms with Gasteiger partial charge in [0.25, 0.3) is 0 Å². The summed E-state index contributed by atoms with van der Waals surface area (Å²) < 4.78 is 8.22. The van der Waals surface area contributed by atoms with Crippen LogP contribution in [-0.4, -0.2) is 16.2 Å². The van der Waals surface area contributed by atoms with Gasteiger partial charge < -0.3 is 9.30 Å². The summed E-state index contributed by atoms with van der Waals surface area (Å²) in [6.45, 7) is 5.72. The highest BCUT2D eigenvalue weighted by Gasteiger charge is 2.08. The van der Waals surface area contributed by atoms with Crippen molar-refractivity contribution in [2.75, 3.05) is 6.61 Å². The summed E-state index contributed by atoms with van der Waals surface area (Å²) in [5.74, 6) is 1.87. The van der Waals surface area contributed by atoms with Crippen LogP contribution >= 0.6 is 11.6 Å². The number of rotatable bonds is 7. The highest BCUT2D eigenvalue weighted by molar-refractivity contribution is 6.30. The van der Waals surface area contributed by atoms with Gasteiger partial charge in [0.15, 0.2) is 0 Å². The zero-order chi connectivity index (χ0) is 20.9. The maximum atomic E-state index is 5.99. The maximum Gasteiger partial charge on any atom is 0.133 e. The molecule has 0 radical (unpaired) electrons. The summed E-state index contributed by atoms with van der Waals surface area (Å²) in [6, 6.07) is 22.3. The van der Waals surface area contributed by atoms with E-state index in [0.717, 1.165) is 46.2 Å². The molecule has 4 heteroatoms. The van der Waals surface area contributed by atoms with Crippen molar-refractivity contribution in [1.82, 2.24) is 9.55 Å². The summed E-state index contributed by atoms with van der Waals surface area (Å²) in [7, 11) is 0. The standard InChI is InChI=1S/C26H25ClN2O/c1-19-8-14-23(18-20(19)2)30-17-5-16-29-25-7-4-3-6-24(25)28-26(29)15-11-21-9-12-22(27)13-10-21/h3-4,6-15,18H,5,16-17H2,1-2H3/b15-11+. The molecule has 4 rings (SSSR count). The third kappa shape index (κ3) is 4.74. The molecule has 152 valence electrons. The van der Waals surface area contributed by atoms with E-state index >= 15 is 0 Å². The molecule has 0 aliphatic rings. The number of ether oxygens (including phenoxy) is 1. The first-order valence-electron chi connectivity index (χ1n) is 10.2. The van der Waals surface area contributed by atoms with Gasteiger partial charge in [0.2, 0.25) is 0 Å². The third-order valence-corrected chi connectivity index (χ3v) is 5.50. The molecular weight excluding hydrogens is 392 g/mol. The summed E-state index contributed by atoms with van der Waals surface area (Å²) >= 11 is 5.99. The van der Waals surface area contributed by atoms with E-state index in [2.05, 4.69) is 60.9 Å². The summed E-state index contributed by atoms with van der Waals surface area (Å²) in [4.78, 5) is 4.81. The average molecular weight is 417 g/mol. The van der Waals surface area contributed by atoms with E-state index in [1.165, 1.54) is 11.1 Å². The number of halogens is 1. The molecule has 0 saturated heterocycles. The Hall–Kier alpha value is -3.04. The van der Waals surface area contributed by atoms with Crippen LogP contribution in [-0.2, 0) is 6.54 Å². The molecule has 0 N–H and O–H groups in total.